The van der Waals surface area contributed by atoms with E-state index in [-0.39, 0.29) is 23.1 Å². The van der Waals surface area contributed by atoms with Crippen LogP contribution in [0.5, 0.6) is 0 Å². The highest BCUT2D eigenvalue weighted by Gasteiger charge is 2.45. The molecule has 2 aliphatic rings. The van der Waals surface area contributed by atoms with Crippen LogP contribution in [-0.2, 0) is 16.1 Å². The fraction of sp³-hybridized carbons (Fsp3) is 0.478. The molecule has 6 heteroatoms. The van der Waals surface area contributed by atoms with Crippen LogP contribution in [0.25, 0.3) is 0 Å². The first-order chi connectivity index (χ1) is 14.0. The van der Waals surface area contributed by atoms with E-state index in [4.69, 9.17) is 9.15 Å². The van der Waals surface area contributed by atoms with Crippen molar-refractivity contribution in [2.24, 2.45) is 5.41 Å². The molecule has 4 rings (SSSR count). The molecule has 0 radical (unpaired) electrons. The molecule has 1 atom stereocenters. The molecule has 6 nitrogen and oxygen atoms in total. The topological polar surface area (TPSA) is 63.0 Å². The molecular formula is C23H28N2O4. The SMILES string of the molecule is COCc1ccc(C(=O)N2CCC3(CC2)C[C@H](c2ccccc2)C(=O)N(C)C3)o1. The molecule has 2 fully saturated rings. The van der Waals surface area contributed by atoms with Gasteiger partial charge in [0.05, 0.1) is 5.92 Å². The monoisotopic (exact) mass is 396 g/mol. The molecule has 1 aromatic heterocycles. The van der Waals surface area contributed by atoms with Crippen molar-refractivity contribution in [1.82, 2.24) is 9.80 Å². The van der Waals surface area contributed by atoms with Gasteiger partial charge in [0, 0.05) is 33.8 Å². The van der Waals surface area contributed by atoms with Crippen molar-refractivity contribution in [1.29, 1.82) is 0 Å². The van der Waals surface area contributed by atoms with Crippen molar-refractivity contribution in [2.75, 3.05) is 33.8 Å². The predicted octanol–water partition coefficient (Wildman–Crippen LogP) is 3.29. The molecule has 0 unspecified atom stereocenters. The van der Waals surface area contributed by atoms with Crippen LogP contribution in [-0.4, -0.2) is 55.4 Å². The van der Waals surface area contributed by atoms with Crippen LogP contribution in [0.4, 0.5) is 0 Å². The Morgan fingerprint density at radius 2 is 1.90 bits per heavy atom. The van der Waals surface area contributed by atoms with Crippen LogP contribution in [0, 0.1) is 5.41 Å². The Morgan fingerprint density at radius 1 is 1.17 bits per heavy atom. The summed E-state index contributed by atoms with van der Waals surface area (Å²) in [7, 11) is 3.50. The van der Waals surface area contributed by atoms with Crippen molar-refractivity contribution in [3.05, 3.63) is 59.5 Å². The predicted molar refractivity (Wildman–Crippen MR) is 108 cm³/mol. The lowest BCUT2D eigenvalue weighted by Gasteiger charge is -2.49. The Balaban J connectivity index is 1.44. The van der Waals surface area contributed by atoms with Crippen LogP contribution in [0.15, 0.2) is 46.9 Å². The maximum absolute atomic E-state index is 12.8. The number of furan rings is 1. The van der Waals surface area contributed by atoms with Gasteiger partial charge in [0.1, 0.15) is 12.4 Å². The van der Waals surface area contributed by atoms with Crippen LogP contribution >= 0.6 is 0 Å². The number of amides is 2. The van der Waals surface area contributed by atoms with E-state index in [1.54, 1.807) is 19.2 Å². The van der Waals surface area contributed by atoms with Gasteiger partial charge in [0.25, 0.3) is 5.91 Å². The van der Waals surface area contributed by atoms with Crippen LogP contribution in [0.3, 0.4) is 0 Å². The molecule has 3 heterocycles. The number of rotatable bonds is 4. The first-order valence-corrected chi connectivity index (χ1v) is 10.2. The third-order valence-electron chi connectivity index (χ3n) is 6.36. The second-order valence-corrected chi connectivity index (χ2v) is 8.35. The number of carbonyl (C=O) groups is 2. The number of likely N-dealkylation sites (tertiary alicyclic amines) is 2. The fourth-order valence-corrected chi connectivity index (χ4v) is 4.79. The highest BCUT2D eigenvalue weighted by atomic mass is 16.5. The Bertz CT molecular complexity index is 868. The standard InChI is InChI=1S/C23H28N2O4/c1-24-16-23(14-19(21(24)26)17-6-4-3-5-7-17)10-12-25(13-11-23)22(27)20-9-8-18(29-20)15-28-2/h3-9,19H,10-16H2,1-2H3/t19-/m1/s1. The molecule has 29 heavy (non-hydrogen) atoms. The smallest absolute Gasteiger partial charge is 0.289 e. The van der Waals surface area contributed by atoms with Crippen molar-refractivity contribution < 1.29 is 18.7 Å². The lowest BCUT2D eigenvalue weighted by molar-refractivity contribution is -0.139. The van der Waals surface area contributed by atoms with Gasteiger partial charge < -0.3 is 19.0 Å². The zero-order valence-electron chi connectivity index (χ0n) is 17.1. The maximum atomic E-state index is 12.8. The van der Waals surface area contributed by atoms with E-state index in [2.05, 4.69) is 0 Å². The molecule has 2 aromatic rings. The Kier molecular flexibility index (Phi) is 5.46. The molecule has 2 amide bonds. The van der Waals surface area contributed by atoms with Gasteiger partial charge >= 0.3 is 0 Å². The number of methoxy groups -OCH3 is 1. The summed E-state index contributed by atoms with van der Waals surface area (Å²) in [6.07, 6.45) is 2.64. The van der Waals surface area contributed by atoms with Gasteiger partial charge in [-0.1, -0.05) is 30.3 Å². The molecule has 2 aliphatic heterocycles. The zero-order chi connectivity index (χ0) is 20.4. The van der Waals surface area contributed by atoms with E-state index in [9.17, 15) is 9.59 Å². The first-order valence-electron chi connectivity index (χ1n) is 10.2. The van der Waals surface area contributed by atoms with Crippen molar-refractivity contribution >= 4 is 11.8 Å². The van der Waals surface area contributed by atoms with E-state index >= 15 is 0 Å². The summed E-state index contributed by atoms with van der Waals surface area (Å²) < 4.78 is 10.7. The summed E-state index contributed by atoms with van der Waals surface area (Å²) in [6.45, 7) is 2.49. The average Bonchev–Trinajstić information content (AvgIpc) is 3.20. The molecule has 0 N–H and O–H groups in total. The molecule has 1 aromatic carbocycles. The number of piperidine rings is 2. The van der Waals surface area contributed by atoms with Gasteiger partial charge in [-0.3, -0.25) is 9.59 Å². The van der Waals surface area contributed by atoms with E-state index in [0.29, 0.717) is 31.2 Å². The minimum absolute atomic E-state index is 0.0598. The Labute approximate surface area is 171 Å². The van der Waals surface area contributed by atoms with Crippen molar-refractivity contribution in [3.8, 4) is 0 Å². The minimum Gasteiger partial charge on any atom is -0.453 e. The second kappa shape index (κ2) is 8.03. The summed E-state index contributed by atoms with van der Waals surface area (Å²) in [6, 6.07) is 13.6. The van der Waals surface area contributed by atoms with Crippen LogP contribution in [0.1, 0.15) is 47.1 Å². The number of nitrogens with zero attached hydrogens (tertiary/aromatic N) is 2. The molecule has 0 bridgehead atoms. The second-order valence-electron chi connectivity index (χ2n) is 8.35. The number of likely N-dealkylation sites (N-methyl/N-ethyl adjacent to an activating group) is 1. The van der Waals surface area contributed by atoms with Gasteiger partial charge in [0.15, 0.2) is 5.76 Å². The van der Waals surface area contributed by atoms with Crippen molar-refractivity contribution in [2.45, 2.75) is 31.8 Å². The first kappa shape index (κ1) is 19.7. The molecule has 154 valence electrons. The normalized spacial score (nSPS) is 21.6. The van der Waals surface area contributed by atoms with Crippen molar-refractivity contribution in [3.63, 3.8) is 0 Å². The number of benzene rings is 1. The highest BCUT2D eigenvalue weighted by Crippen LogP contribution is 2.45. The van der Waals surface area contributed by atoms with Crippen LogP contribution < -0.4 is 0 Å². The van der Waals surface area contributed by atoms with Gasteiger partial charge in [-0.05, 0) is 42.4 Å². The lowest BCUT2D eigenvalue weighted by Crippen LogP contribution is -2.53. The third-order valence-corrected chi connectivity index (χ3v) is 6.36. The minimum atomic E-state index is -0.0983. The van der Waals surface area contributed by atoms with Gasteiger partial charge in [-0.25, -0.2) is 0 Å². The van der Waals surface area contributed by atoms with E-state index in [1.807, 2.05) is 47.2 Å². The highest BCUT2D eigenvalue weighted by molar-refractivity contribution is 5.91. The summed E-state index contributed by atoms with van der Waals surface area (Å²) in [5.41, 5.74) is 1.15. The van der Waals surface area contributed by atoms with Crippen LogP contribution in [0.2, 0.25) is 0 Å². The van der Waals surface area contributed by atoms with E-state index < -0.39 is 0 Å². The molecule has 0 saturated carbocycles. The van der Waals surface area contributed by atoms with E-state index in [1.165, 1.54) is 0 Å². The number of carbonyl (C=O) groups excluding carboxylic acids is 2. The number of hydrogen-bond donors (Lipinski definition) is 0. The molecular weight excluding hydrogens is 368 g/mol. The average molecular weight is 396 g/mol. The quantitative estimate of drug-likeness (QED) is 0.796. The number of ether oxygens (including phenoxy) is 1. The van der Waals surface area contributed by atoms with Gasteiger partial charge in [-0.2, -0.15) is 0 Å². The maximum Gasteiger partial charge on any atom is 0.289 e. The lowest BCUT2D eigenvalue weighted by atomic mass is 9.67. The van der Waals surface area contributed by atoms with Gasteiger partial charge in [0.2, 0.25) is 5.91 Å². The summed E-state index contributed by atoms with van der Waals surface area (Å²) in [5.74, 6) is 1.05. The Morgan fingerprint density at radius 3 is 2.59 bits per heavy atom. The largest absolute Gasteiger partial charge is 0.453 e. The summed E-state index contributed by atoms with van der Waals surface area (Å²) in [4.78, 5) is 29.4. The van der Waals surface area contributed by atoms with Gasteiger partial charge in [-0.15, -0.1) is 0 Å². The summed E-state index contributed by atoms with van der Waals surface area (Å²) in [5, 5.41) is 0. The number of hydrogen-bond acceptors (Lipinski definition) is 4. The summed E-state index contributed by atoms with van der Waals surface area (Å²) >= 11 is 0. The fourth-order valence-electron chi connectivity index (χ4n) is 4.79. The molecule has 1 spiro atoms. The third kappa shape index (κ3) is 3.94. The Hall–Kier alpha value is -2.60. The van der Waals surface area contributed by atoms with E-state index in [0.717, 1.165) is 31.4 Å². The molecule has 2 saturated heterocycles. The zero-order valence-corrected chi connectivity index (χ0v) is 17.1. The molecule has 0 aliphatic carbocycles.